The summed E-state index contributed by atoms with van der Waals surface area (Å²) in [6, 6.07) is 8.65. The summed E-state index contributed by atoms with van der Waals surface area (Å²) in [7, 11) is 8.79. The average Bonchev–Trinajstić information content (AvgIpc) is 3.81. The summed E-state index contributed by atoms with van der Waals surface area (Å²) in [5.41, 5.74) is 3.82. The third-order valence-electron chi connectivity index (χ3n) is 12.2. The number of fused-ring (bicyclic) bond motifs is 2. The van der Waals surface area contributed by atoms with Gasteiger partial charge in [0.05, 0.1) is 42.6 Å². The van der Waals surface area contributed by atoms with E-state index in [1.807, 2.05) is 36.0 Å². The lowest BCUT2D eigenvalue weighted by Crippen LogP contribution is -2.60. The summed E-state index contributed by atoms with van der Waals surface area (Å²) in [5.74, 6) is -3.28. The minimum absolute atomic E-state index is 0.150. The fourth-order valence-corrected chi connectivity index (χ4v) is 10.2. The summed E-state index contributed by atoms with van der Waals surface area (Å²) in [5, 5.41) is 5.82. The molecule has 2 aromatic carbocycles. The molecule has 2 atom stereocenters. The lowest BCUT2D eigenvalue weighted by Gasteiger charge is -2.46. The number of hydrogen-bond acceptors (Lipinski definition) is 11. The van der Waals surface area contributed by atoms with Crippen LogP contribution in [0, 0.1) is 0 Å². The van der Waals surface area contributed by atoms with Gasteiger partial charge in [-0.15, -0.1) is 11.3 Å². The zero-order valence-corrected chi connectivity index (χ0v) is 35.1. The first-order valence-electron chi connectivity index (χ1n) is 20.1. The van der Waals surface area contributed by atoms with Crippen LogP contribution in [0.5, 0.6) is 11.5 Å². The summed E-state index contributed by atoms with van der Waals surface area (Å²) in [4.78, 5) is 71.8. The first kappa shape index (κ1) is 41.3. The minimum atomic E-state index is -3.04. The molecule has 0 bridgehead atoms. The third kappa shape index (κ3) is 7.73. The van der Waals surface area contributed by atoms with Gasteiger partial charge in [0.1, 0.15) is 17.5 Å². The molecular formula is C43H49F2N7O7S. The van der Waals surface area contributed by atoms with Gasteiger partial charge < -0.3 is 34.1 Å². The summed E-state index contributed by atoms with van der Waals surface area (Å²) in [6.45, 7) is 1.45. The Hall–Kier alpha value is -5.39. The molecule has 3 saturated heterocycles. The van der Waals surface area contributed by atoms with E-state index in [1.54, 1.807) is 56.6 Å². The number of alkyl halides is 2. The van der Waals surface area contributed by atoms with Crippen molar-refractivity contribution in [3.63, 3.8) is 0 Å². The number of methoxy groups -OCH3 is 2. The van der Waals surface area contributed by atoms with Gasteiger partial charge in [-0.05, 0) is 81.2 Å². The highest BCUT2D eigenvalue weighted by molar-refractivity contribution is 7.21. The van der Waals surface area contributed by atoms with Gasteiger partial charge in [-0.1, -0.05) is 6.07 Å². The zero-order chi connectivity index (χ0) is 42.6. The number of nitrogens with zero attached hydrogens (tertiary/aromatic N) is 5. The molecule has 0 saturated carbocycles. The lowest BCUT2D eigenvalue weighted by atomic mass is 9.94. The van der Waals surface area contributed by atoms with Crippen LogP contribution in [0.2, 0.25) is 0 Å². The Balaban J connectivity index is 0.908. The number of aromatic nitrogens is 1. The Kier molecular flexibility index (Phi) is 11.2. The Bertz CT molecular complexity index is 2420. The molecule has 17 heteroatoms. The maximum atomic E-state index is 16.0. The molecule has 2 unspecified atom stereocenters. The molecule has 4 aliphatic heterocycles. The maximum absolute atomic E-state index is 16.0. The fraction of sp³-hybridized carbons (Fsp3) is 0.465. The second-order valence-corrected chi connectivity index (χ2v) is 17.5. The highest BCUT2D eigenvalue weighted by atomic mass is 32.1. The standard InChI is InChI=1S/C43H49F2N7O7S/c1-48(2)21-31-33(58-4)16-25(17-34(31)59-5)30-22-49(3)41(56)29-19-35(60-38(29)30)40(55)46-26-10-13-50(14-11-26)36-12-15-51(23-43(36,44)45)27-7-6-24-20-52(42(57)28(24)18-27)32-8-9-37(53)47-39(32)54/h6-7,16-19,22,26,32,36H,8-15,20-21,23H2,1-5H3,(H,46,55)(H,47,53,54). The normalized spacial score (nSPS) is 21.1. The quantitative estimate of drug-likeness (QED) is 0.223. The molecule has 2 aromatic heterocycles. The number of carbonyl (C=O) groups excluding carboxylic acids is 4. The number of amides is 4. The van der Waals surface area contributed by atoms with E-state index in [0.717, 1.165) is 22.3 Å². The van der Waals surface area contributed by atoms with Crippen molar-refractivity contribution in [3.8, 4) is 22.6 Å². The van der Waals surface area contributed by atoms with Gasteiger partial charge >= 0.3 is 0 Å². The van der Waals surface area contributed by atoms with E-state index in [1.165, 1.54) is 20.8 Å². The monoisotopic (exact) mass is 845 g/mol. The topological polar surface area (TPSA) is 146 Å². The average molecular weight is 846 g/mol. The summed E-state index contributed by atoms with van der Waals surface area (Å²) in [6.07, 6.45) is 3.36. The summed E-state index contributed by atoms with van der Waals surface area (Å²) >= 11 is 1.24. The number of likely N-dealkylation sites (tertiary alicyclic amines) is 1. The number of thiophene rings is 1. The van der Waals surface area contributed by atoms with Crippen LogP contribution in [0.3, 0.4) is 0 Å². The molecule has 2 N–H and O–H groups in total. The number of carbonyl (C=O) groups is 4. The highest BCUT2D eigenvalue weighted by Crippen LogP contribution is 2.41. The van der Waals surface area contributed by atoms with Crippen LogP contribution in [0.4, 0.5) is 14.5 Å². The number of anilines is 1. The first-order chi connectivity index (χ1) is 28.6. The predicted octanol–water partition coefficient (Wildman–Crippen LogP) is 4.22. The molecular weight excluding hydrogens is 797 g/mol. The Morgan fingerprint density at radius 1 is 0.967 bits per heavy atom. The van der Waals surface area contributed by atoms with Crippen LogP contribution in [0.25, 0.3) is 21.2 Å². The lowest BCUT2D eigenvalue weighted by molar-refractivity contribution is -0.136. The fourth-order valence-electron chi connectivity index (χ4n) is 9.13. The van der Waals surface area contributed by atoms with Crippen molar-refractivity contribution in [2.75, 3.05) is 59.4 Å². The summed E-state index contributed by atoms with van der Waals surface area (Å²) < 4.78 is 45.6. The number of benzene rings is 2. The van der Waals surface area contributed by atoms with Crippen LogP contribution in [-0.2, 0) is 29.7 Å². The smallest absolute Gasteiger partial charge is 0.280 e. The SMILES string of the molecule is COc1cc(-c2cn(C)c(=O)c3cc(C(=O)NC4CCN(C5CCN(c6ccc7c(c6)C(=O)N(C6CCC(=O)NC6=O)C7)CC5(F)F)CC4)sc23)cc(OC)c1CN(C)C. The van der Waals surface area contributed by atoms with Crippen molar-refractivity contribution in [2.45, 2.75) is 69.2 Å². The predicted molar refractivity (Wildman–Crippen MR) is 223 cm³/mol. The first-order valence-corrected chi connectivity index (χ1v) is 21.0. The van der Waals surface area contributed by atoms with Gasteiger partial charge in [0.2, 0.25) is 11.8 Å². The van der Waals surface area contributed by atoms with Crippen LogP contribution in [0.1, 0.15) is 63.3 Å². The third-order valence-corrected chi connectivity index (χ3v) is 13.4. The highest BCUT2D eigenvalue weighted by Gasteiger charge is 2.48. The van der Waals surface area contributed by atoms with Crippen molar-refractivity contribution < 1.29 is 37.4 Å². The maximum Gasteiger partial charge on any atom is 0.280 e. The largest absolute Gasteiger partial charge is 0.496 e. The molecule has 14 nitrogen and oxygen atoms in total. The second kappa shape index (κ2) is 16.2. The van der Waals surface area contributed by atoms with Crippen molar-refractivity contribution in [3.05, 3.63) is 74.5 Å². The molecule has 60 heavy (non-hydrogen) atoms. The van der Waals surface area contributed by atoms with E-state index < -0.39 is 30.5 Å². The van der Waals surface area contributed by atoms with Crippen molar-refractivity contribution in [2.24, 2.45) is 7.05 Å². The van der Waals surface area contributed by atoms with E-state index in [9.17, 15) is 24.0 Å². The van der Waals surface area contributed by atoms with E-state index in [-0.39, 0.29) is 55.1 Å². The molecule has 0 spiro atoms. The van der Waals surface area contributed by atoms with Gasteiger partial charge in [0.15, 0.2) is 0 Å². The number of rotatable bonds is 10. The van der Waals surface area contributed by atoms with Crippen LogP contribution >= 0.6 is 11.3 Å². The van der Waals surface area contributed by atoms with Crippen molar-refractivity contribution in [1.82, 2.24) is 29.9 Å². The van der Waals surface area contributed by atoms with Gasteiger partial charge in [0, 0.05) is 79.9 Å². The number of ether oxygens (including phenoxy) is 2. The van der Waals surface area contributed by atoms with E-state index in [0.29, 0.717) is 76.7 Å². The molecule has 0 radical (unpaired) electrons. The Morgan fingerprint density at radius 3 is 2.33 bits per heavy atom. The molecule has 4 amide bonds. The Morgan fingerprint density at radius 2 is 1.68 bits per heavy atom. The molecule has 8 rings (SSSR count). The van der Waals surface area contributed by atoms with Gasteiger partial charge in [-0.3, -0.25) is 34.2 Å². The van der Waals surface area contributed by atoms with Gasteiger partial charge in [-0.2, -0.15) is 0 Å². The van der Waals surface area contributed by atoms with Crippen LogP contribution in [-0.4, -0.2) is 121 Å². The number of nitrogens with one attached hydrogen (secondary N) is 2. The Labute approximate surface area is 350 Å². The molecule has 4 aliphatic rings. The van der Waals surface area contributed by atoms with Gasteiger partial charge in [0.25, 0.3) is 23.3 Å². The number of piperidine rings is 3. The number of halogens is 2. The van der Waals surface area contributed by atoms with Crippen LogP contribution in [0.15, 0.2) is 47.4 Å². The van der Waals surface area contributed by atoms with E-state index in [4.69, 9.17) is 9.47 Å². The van der Waals surface area contributed by atoms with Crippen molar-refractivity contribution >= 4 is 50.7 Å². The van der Waals surface area contributed by atoms with E-state index >= 15 is 8.78 Å². The second-order valence-electron chi connectivity index (χ2n) is 16.4. The molecule has 3 fully saturated rings. The minimum Gasteiger partial charge on any atom is -0.496 e. The van der Waals surface area contributed by atoms with Crippen LogP contribution < -0.4 is 30.6 Å². The molecule has 4 aromatic rings. The van der Waals surface area contributed by atoms with E-state index in [2.05, 4.69) is 10.6 Å². The number of aryl methyl sites for hydroxylation is 1. The molecule has 6 heterocycles. The van der Waals surface area contributed by atoms with Crippen molar-refractivity contribution in [1.29, 1.82) is 0 Å². The molecule has 318 valence electrons. The number of hydrogen-bond donors (Lipinski definition) is 2. The van der Waals surface area contributed by atoms with Gasteiger partial charge in [-0.25, -0.2) is 8.78 Å². The number of pyridine rings is 1. The molecule has 0 aliphatic carbocycles. The zero-order valence-electron chi connectivity index (χ0n) is 34.3. The number of imide groups is 1.